The Labute approximate surface area is 157 Å². The summed E-state index contributed by atoms with van der Waals surface area (Å²) in [6, 6.07) is 18.0. The maximum absolute atomic E-state index is 13.0. The molecule has 0 N–H and O–H groups in total. The van der Waals surface area contributed by atoms with Gasteiger partial charge in [0.1, 0.15) is 0 Å². The second-order valence-corrected chi connectivity index (χ2v) is 7.61. The fourth-order valence-corrected chi connectivity index (χ4v) is 4.31. The van der Waals surface area contributed by atoms with Crippen molar-refractivity contribution < 1.29 is 4.74 Å². The molecule has 1 unspecified atom stereocenters. The number of aromatic nitrogens is 2. The zero-order valence-corrected chi connectivity index (χ0v) is 15.5. The third-order valence-electron chi connectivity index (χ3n) is 4.70. The predicted molar refractivity (Wildman–Crippen MR) is 106 cm³/mol. The highest BCUT2D eigenvalue weighted by atomic mass is 32.2. The standard InChI is InChI=1S/C21H22N2O2S/c24-20-18-10-4-5-11-19(18)22-21(23(20)15-17-9-6-13-25-17)26-14-12-16-7-2-1-3-8-16/h1-5,7-8,10-11,17H,6,9,12-15H2. The van der Waals surface area contributed by atoms with E-state index in [1.807, 2.05) is 34.9 Å². The van der Waals surface area contributed by atoms with Crippen LogP contribution >= 0.6 is 11.8 Å². The summed E-state index contributed by atoms with van der Waals surface area (Å²) in [4.78, 5) is 17.8. The summed E-state index contributed by atoms with van der Waals surface area (Å²) < 4.78 is 7.57. The Balaban J connectivity index is 1.61. The van der Waals surface area contributed by atoms with Crippen molar-refractivity contribution in [1.29, 1.82) is 0 Å². The van der Waals surface area contributed by atoms with Gasteiger partial charge in [-0.15, -0.1) is 0 Å². The van der Waals surface area contributed by atoms with Crippen molar-refractivity contribution in [3.05, 3.63) is 70.5 Å². The van der Waals surface area contributed by atoms with Crippen molar-refractivity contribution in [3.63, 3.8) is 0 Å². The second kappa shape index (κ2) is 8.06. The van der Waals surface area contributed by atoms with Gasteiger partial charge < -0.3 is 4.74 Å². The summed E-state index contributed by atoms with van der Waals surface area (Å²) in [6.07, 6.45) is 3.14. The summed E-state index contributed by atoms with van der Waals surface area (Å²) in [7, 11) is 0. The first kappa shape index (κ1) is 17.3. The van der Waals surface area contributed by atoms with E-state index in [0.717, 1.165) is 42.3 Å². The van der Waals surface area contributed by atoms with E-state index in [2.05, 4.69) is 24.3 Å². The molecule has 4 nitrogen and oxygen atoms in total. The number of hydrogen-bond donors (Lipinski definition) is 0. The number of thioether (sulfide) groups is 1. The summed E-state index contributed by atoms with van der Waals surface area (Å²) in [5.41, 5.74) is 2.10. The largest absolute Gasteiger partial charge is 0.376 e. The molecule has 5 heteroatoms. The SMILES string of the molecule is O=c1c2ccccc2nc(SCCc2ccccc2)n1CC1CCCO1. The van der Waals surface area contributed by atoms with Gasteiger partial charge in [-0.25, -0.2) is 4.98 Å². The highest BCUT2D eigenvalue weighted by molar-refractivity contribution is 7.99. The van der Waals surface area contributed by atoms with Crippen LogP contribution in [0.5, 0.6) is 0 Å². The quantitative estimate of drug-likeness (QED) is 0.490. The highest BCUT2D eigenvalue weighted by Gasteiger charge is 2.20. The monoisotopic (exact) mass is 366 g/mol. The molecule has 3 aromatic rings. The molecule has 2 aromatic carbocycles. The maximum Gasteiger partial charge on any atom is 0.262 e. The van der Waals surface area contributed by atoms with Gasteiger partial charge in [0, 0.05) is 12.4 Å². The number of nitrogens with zero attached hydrogens (tertiary/aromatic N) is 2. The van der Waals surface area contributed by atoms with Gasteiger partial charge in [0.15, 0.2) is 5.16 Å². The lowest BCUT2D eigenvalue weighted by atomic mass is 10.2. The molecule has 0 saturated carbocycles. The van der Waals surface area contributed by atoms with Crippen LogP contribution in [0.15, 0.2) is 64.5 Å². The van der Waals surface area contributed by atoms with Crippen LogP contribution in [0.2, 0.25) is 0 Å². The highest BCUT2D eigenvalue weighted by Crippen LogP contribution is 2.21. The van der Waals surface area contributed by atoms with Crippen molar-refractivity contribution in [1.82, 2.24) is 9.55 Å². The third-order valence-corrected chi connectivity index (χ3v) is 5.68. The maximum atomic E-state index is 13.0. The number of fused-ring (bicyclic) bond motifs is 1. The zero-order valence-electron chi connectivity index (χ0n) is 14.6. The molecule has 2 heterocycles. The molecule has 1 aromatic heterocycles. The predicted octanol–water partition coefficient (Wildman–Crippen LogP) is 3.91. The van der Waals surface area contributed by atoms with E-state index in [-0.39, 0.29) is 11.7 Å². The number of para-hydroxylation sites is 1. The van der Waals surface area contributed by atoms with Gasteiger partial charge in [0.05, 0.1) is 23.6 Å². The lowest BCUT2D eigenvalue weighted by Gasteiger charge is -2.16. The van der Waals surface area contributed by atoms with Gasteiger partial charge in [0.25, 0.3) is 5.56 Å². The van der Waals surface area contributed by atoms with E-state index in [1.165, 1.54) is 5.56 Å². The van der Waals surface area contributed by atoms with Gasteiger partial charge in [-0.3, -0.25) is 9.36 Å². The molecule has 0 radical (unpaired) electrons. The van der Waals surface area contributed by atoms with E-state index in [9.17, 15) is 4.79 Å². The number of aryl methyl sites for hydroxylation is 1. The normalized spacial score (nSPS) is 17.0. The third kappa shape index (κ3) is 3.84. The molecule has 1 atom stereocenters. The van der Waals surface area contributed by atoms with Gasteiger partial charge >= 0.3 is 0 Å². The van der Waals surface area contributed by atoms with E-state index in [4.69, 9.17) is 9.72 Å². The molecule has 1 aliphatic rings. The molecular weight excluding hydrogens is 344 g/mol. The van der Waals surface area contributed by atoms with Crippen LogP contribution < -0.4 is 5.56 Å². The number of rotatable bonds is 6. The lowest BCUT2D eigenvalue weighted by molar-refractivity contribution is 0.0937. The summed E-state index contributed by atoms with van der Waals surface area (Å²) >= 11 is 1.65. The first-order valence-electron chi connectivity index (χ1n) is 9.09. The van der Waals surface area contributed by atoms with Crippen molar-refractivity contribution in [2.75, 3.05) is 12.4 Å². The van der Waals surface area contributed by atoms with E-state index in [0.29, 0.717) is 11.9 Å². The van der Waals surface area contributed by atoms with E-state index in [1.54, 1.807) is 11.8 Å². The van der Waals surface area contributed by atoms with Crippen LogP contribution in [0.3, 0.4) is 0 Å². The molecule has 0 aliphatic carbocycles. The van der Waals surface area contributed by atoms with Crippen molar-refractivity contribution in [2.45, 2.75) is 37.1 Å². The molecule has 26 heavy (non-hydrogen) atoms. The molecule has 1 fully saturated rings. The van der Waals surface area contributed by atoms with Gasteiger partial charge in [-0.1, -0.05) is 54.2 Å². The first-order valence-corrected chi connectivity index (χ1v) is 10.1. The number of hydrogen-bond acceptors (Lipinski definition) is 4. The average molecular weight is 366 g/mol. The van der Waals surface area contributed by atoms with Crippen molar-refractivity contribution >= 4 is 22.7 Å². The topological polar surface area (TPSA) is 44.1 Å². The minimum absolute atomic E-state index is 0.0355. The molecule has 0 spiro atoms. The zero-order chi connectivity index (χ0) is 17.8. The van der Waals surface area contributed by atoms with Crippen LogP contribution in [0.4, 0.5) is 0 Å². The van der Waals surface area contributed by atoms with Crippen LogP contribution in [0, 0.1) is 0 Å². The summed E-state index contributed by atoms with van der Waals surface area (Å²) in [6.45, 7) is 1.38. The molecule has 0 amide bonds. The Bertz CT molecular complexity index is 934. The lowest BCUT2D eigenvalue weighted by Crippen LogP contribution is -2.28. The Morgan fingerprint density at radius 3 is 2.73 bits per heavy atom. The van der Waals surface area contributed by atoms with Gasteiger partial charge in [-0.05, 0) is 37.0 Å². The van der Waals surface area contributed by atoms with Gasteiger partial charge in [-0.2, -0.15) is 0 Å². The van der Waals surface area contributed by atoms with Crippen LogP contribution in [0.25, 0.3) is 10.9 Å². The van der Waals surface area contributed by atoms with Crippen molar-refractivity contribution in [3.8, 4) is 0 Å². The van der Waals surface area contributed by atoms with Crippen LogP contribution in [0.1, 0.15) is 18.4 Å². The Morgan fingerprint density at radius 1 is 1.12 bits per heavy atom. The average Bonchev–Trinajstić information content (AvgIpc) is 3.19. The molecule has 134 valence electrons. The Kier molecular flexibility index (Phi) is 5.37. The fraction of sp³-hybridized carbons (Fsp3) is 0.333. The summed E-state index contributed by atoms with van der Waals surface area (Å²) in [5.74, 6) is 0.889. The van der Waals surface area contributed by atoms with E-state index >= 15 is 0 Å². The Hall–Kier alpha value is -2.11. The number of benzene rings is 2. The molecule has 1 saturated heterocycles. The molecule has 1 aliphatic heterocycles. The van der Waals surface area contributed by atoms with Crippen LogP contribution in [-0.2, 0) is 17.7 Å². The minimum atomic E-state index is 0.0355. The van der Waals surface area contributed by atoms with E-state index < -0.39 is 0 Å². The summed E-state index contributed by atoms with van der Waals surface area (Å²) in [5, 5.41) is 1.47. The number of ether oxygens (including phenoxy) is 1. The molecular formula is C21H22N2O2S. The molecule has 4 rings (SSSR count). The fourth-order valence-electron chi connectivity index (χ4n) is 3.32. The molecule has 0 bridgehead atoms. The van der Waals surface area contributed by atoms with Gasteiger partial charge in [0.2, 0.25) is 0 Å². The van der Waals surface area contributed by atoms with Crippen LogP contribution in [-0.4, -0.2) is 28.0 Å². The minimum Gasteiger partial charge on any atom is -0.376 e. The van der Waals surface area contributed by atoms with Crippen molar-refractivity contribution in [2.24, 2.45) is 0 Å². The second-order valence-electron chi connectivity index (χ2n) is 6.55. The first-order chi connectivity index (χ1) is 12.8. The Morgan fingerprint density at radius 2 is 1.92 bits per heavy atom. The smallest absolute Gasteiger partial charge is 0.262 e.